The molecule has 6 nitrogen and oxygen atoms in total. The Hall–Kier alpha value is -1.14. The summed E-state index contributed by atoms with van der Waals surface area (Å²) in [6, 6.07) is -0.107. The van der Waals surface area contributed by atoms with Crippen LogP contribution in [0, 0.1) is 5.92 Å². The number of rotatable bonds is 3. The Labute approximate surface area is 115 Å². The van der Waals surface area contributed by atoms with Crippen molar-refractivity contribution in [3.63, 3.8) is 0 Å². The maximum absolute atomic E-state index is 11.8. The van der Waals surface area contributed by atoms with Gasteiger partial charge in [-0.05, 0) is 46.6 Å². The summed E-state index contributed by atoms with van der Waals surface area (Å²) in [6.07, 6.45) is 1.01. The summed E-state index contributed by atoms with van der Waals surface area (Å²) in [5.41, 5.74) is 5.30. The summed E-state index contributed by atoms with van der Waals surface area (Å²) in [7, 11) is 0. The van der Waals surface area contributed by atoms with Crippen LogP contribution in [0.5, 0.6) is 0 Å². The third-order valence-corrected chi connectivity index (χ3v) is 3.21. The maximum Gasteiger partial charge on any atom is 0.321 e. The van der Waals surface area contributed by atoms with Crippen molar-refractivity contribution in [2.45, 2.75) is 45.7 Å². The first-order valence-corrected chi connectivity index (χ1v) is 6.77. The number of nitrogens with two attached hydrogens (primary N) is 1. The maximum atomic E-state index is 11.8. The topological polar surface area (TPSA) is 87.5 Å². The lowest BCUT2D eigenvalue weighted by Gasteiger charge is -2.22. The molecule has 110 valence electrons. The van der Waals surface area contributed by atoms with Crippen molar-refractivity contribution in [1.82, 2.24) is 15.5 Å². The number of nitrogens with zero attached hydrogens (tertiary/aromatic N) is 1. The Morgan fingerprint density at radius 2 is 2.00 bits per heavy atom. The van der Waals surface area contributed by atoms with Crippen LogP contribution in [-0.2, 0) is 4.79 Å². The summed E-state index contributed by atoms with van der Waals surface area (Å²) in [5, 5.41) is 5.05. The number of hydrogen-bond acceptors (Lipinski definition) is 4. The zero-order valence-corrected chi connectivity index (χ0v) is 12.3. The van der Waals surface area contributed by atoms with E-state index in [-0.39, 0.29) is 18.0 Å². The molecule has 0 radical (unpaired) electrons. The van der Waals surface area contributed by atoms with Crippen molar-refractivity contribution in [3.8, 4) is 0 Å². The van der Waals surface area contributed by atoms with Gasteiger partial charge in [0.25, 0.3) is 0 Å². The van der Waals surface area contributed by atoms with Crippen molar-refractivity contribution in [3.05, 3.63) is 0 Å². The summed E-state index contributed by atoms with van der Waals surface area (Å²) in [5.74, 6) is 0.178. The van der Waals surface area contributed by atoms with E-state index >= 15 is 0 Å². The number of carbonyl (C=O) groups is 2. The Bertz CT molecular complexity index is 338. The first-order chi connectivity index (χ1) is 8.71. The Morgan fingerprint density at radius 1 is 1.37 bits per heavy atom. The average molecular weight is 270 g/mol. The van der Waals surface area contributed by atoms with E-state index in [2.05, 4.69) is 22.5 Å². The molecular weight excluding hydrogens is 244 g/mol. The van der Waals surface area contributed by atoms with Gasteiger partial charge in [0, 0.05) is 18.1 Å². The number of carbonyl (C=O) groups excluding carboxylic acids is 2. The Kier molecular flexibility index (Phi) is 5.31. The van der Waals surface area contributed by atoms with Gasteiger partial charge in [0.1, 0.15) is 0 Å². The van der Waals surface area contributed by atoms with E-state index in [1.54, 1.807) is 0 Å². The third kappa shape index (κ3) is 5.57. The van der Waals surface area contributed by atoms with Gasteiger partial charge < -0.3 is 11.1 Å². The van der Waals surface area contributed by atoms with Gasteiger partial charge in [0.05, 0.1) is 6.54 Å². The fourth-order valence-electron chi connectivity index (χ4n) is 2.33. The molecule has 1 aliphatic heterocycles. The molecule has 2 unspecified atom stereocenters. The predicted octanol–water partition coefficient (Wildman–Crippen LogP) is 0.280. The Balaban J connectivity index is 2.37. The Morgan fingerprint density at radius 3 is 2.47 bits per heavy atom. The first kappa shape index (κ1) is 15.9. The van der Waals surface area contributed by atoms with Crippen LogP contribution in [-0.4, -0.2) is 48.1 Å². The molecule has 0 aromatic heterocycles. The monoisotopic (exact) mass is 270 g/mol. The standard InChI is InChI=1S/C13H26N4O2/c1-9-5-10(6-14)7-17(9)8-11(18)15-12(19)16-13(2,3)4/h9-10H,5-8,14H2,1-4H3,(H2,15,16,18,19). The van der Waals surface area contributed by atoms with Crippen LogP contribution >= 0.6 is 0 Å². The molecule has 0 spiro atoms. The van der Waals surface area contributed by atoms with Crippen LogP contribution < -0.4 is 16.4 Å². The summed E-state index contributed by atoms with van der Waals surface area (Å²) < 4.78 is 0. The van der Waals surface area contributed by atoms with Crippen LogP contribution in [0.15, 0.2) is 0 Å². The van der Waals surface area contributed by atoms with Gasteiger partial charge in [-0.2, -0.15) is 0 Å². The van der Waals surface area contributed by atoms with Crippen molar-refractivity contribution < 1.29 is 9.59 Å². The van der Waals surface area contributed by atoms with Crippen LogP contribution in [0.4, 0.5) is 4.79 Å². The zero-order valence-electron chi connectivity index (χ0n) is 12.3. The lowest BCUT2D eigenvalue weighted by atomic mass is 10.1. The molecule has 0 aromatic carbocycles. The molecule has 2 atom stereocenters. The van der Waals surface area contributed by atoms with E-state index in [1.807, 2.05) is 20.8 Å². The number of imide groups is 1. The molecule has 4 N–H and O–H groups in total. The van der Waals surface area contributed by atoms with E-state index < -0.39 is 6.03 Å². The van der Waals surface area contributed by atoms with Crippen molar-refractivity contribution in [1.29, 1.82) is 0 Å². The van der Waals surface area contributed by atoms with Crippen molar-refractivity contribution >= 4 is 11.9 Å². The van der Waals surface area contributed by atoms with Crippen molar-refractivity contribution in [2.24, 2.45) is 11.7 Å². The molecule has 1 fully saturated rings. The summed E-state index contributed by atoms with van der Waals surface area (Å²) >= 11 is 0. The predicted molar refractivity (Wildman–Crippen MR) is 74.6 cm³/mol. The number of urea groups is 1. The van der Waals surface area contributed by atoms with Gasteiger partial charge in [-0.1, -0.05) is 0 Å². The molecule has 19 heavy (non-hydrogen) atoms. The van der Waals surface area contributed by atoms with Crippen molar-refractivity contribution in [2.75, 3.05) is 19.6 Å². The van der Waals surface area contributed by atoms with Crippen LogP contribution in [0.3, 0.4) is 0 Å². The average Bonchev–Trinajstić information content (AvgIpc) is 2.56. The molecule has 6 heteroatoms. The van der Waals surface area contributed by atoms with Crippen LogP contribution in [0.2, 0.25) is 0 Å². The number of nitrogens with one attached hydrogen (secondary N) is 2. The van der Waals surface area contributed by atoms with Crippen LogP contribution in [0.1, 0.15) is 34.1 Å². The highest BCUT2D eigenvalue weighted by Gasteiger charge is 2.29. The number of hydrogen-bond donors (Lipinski definition) is 3. The molecule has 1 aliphatic rings. The molecule has 1 rings (SSSR count). The van der Waals surface area contributed by atoms with E-state index in [4.69, 9.17) is 5.73 Å². The normalized spacial score (nSPS) is 24.3. The number of likely N-dealkylation sites (tertiary alicyclic amines) is 1. The van der Waals surface area contributed by atoms with Gasteiger partial charge in [0.15, 0.2) is 0 Å². The van der Waals surface area contributed by atoms with Gasteiger partial charge in [-0.3, -0.25) is 15.0 Å². The molecule has 1 saturated heterocycles. The largest absolute Gasteiger partial charge is 0.333 e. The van der Waals surface area contributed by atoms with E-state index in [1.165, 1.54) is 0 Å². The van der Waals surface area contributed by atoms with Gasteiger partial charge in [-0.25, -0.2) is 4.79 Å². The third-order valence-electron chi connectivity index (χ3n) is 3.21. The second-order valence-corrected chi connectivity index (χ2v) is 6.37. The molecule has 0 aromatic rings. The highest BCUT2D eigenvalue weighted by molar-refractivity contribution is 5.95. The molecule has 0 aliphatic carbocycles. The molecule has 1 heterocycles. The van der Waals surface area contributed by atoms with E-state index in [0.29, 0.717) is 18.5 Å². The molecule has 0 bridgehead atoms. The van der Waals surface area contributed by atoms with Gasteiger partial charge in [0.2, 0.25) is 5.91 Å². The smallest absolute Gasteiger partial charge is 0.321 e. The molecule has 3 amide bonds. The minimum Gasteiger partial charge on any atom is -0.333 e. The van der Waals surface area contributed by atoms with Gasteiger partial charge in [-0.15, -0.1) is 0 Å². The quantitative estimate of drug-likeness (QED) is 0.687. The number of amides is 3. The molecular formula is C13H26N4O2. The fourth-order valence-corrected chi connectivity index (χ4v) is 2.33. The molecule has 0 saturated carbocycles. The zero-order chi connectivity index (χ0) is 14.6. The van der Waals surface area contributed by atoms with E-state index in [0.717, 1.165) is 13.0 Å². The summed E-state index contributed by atoms with van der Waals surface area (Å²) in [6.45, 7) is 9.40. The summed E-state index contributed by atoms with van der Waals surface area (Å²) in [4.78, 5) is 25.4. The van der Waals surface area contributed by atoms with Crippen LogP contribution in [0.25, 0.3) is 0 Å². The van der Waals surface area contributed by atoms with Gasteiger partial charge >= 0.3 is 6.03 Å². The van der Waals surface area contributed by atoms with E-state index in [9.17, 15) is 9.59 Å². The lowest BCUT2D eigenvalue weighted by molar-refractivity contribution is -0.121. The SMILES string of the molecule is CC1CC(CN)CN1CC(=O)NC(=O)NC(C)(C)C. The lowest BCUT2D eigenvalue weighted by Crippen LogP contribution is -2.50. The first-order valence-electron chi connectivity index (χ1n) is 6.77. The highest BCUT2D eigenvalue weighted by atomic mass is 16.2. The second-order valence-electron chi connectivity index (χ2n) is 6.37. The fraction of sp³-hybridized carbons (Fsp3) is 0.846. The minimum atomic E-state index is -0.445. The minimum absolute atomic E-state index is 0.245. The second kappa shape index (κ2) is 6.34. The highest BCUT2D eigenvalue weighted by Crippen LogP contribution is 2.21.